The fraction of sp³-hybridized carbons (Fsp3) is 0.500. The molecule has 2 aromatic rings. The van der Waals surface area contributed by atoms with Crippen molar-refractivity contribution in [2.75, 3.05) is 20.2 Å². The van der Waals surface area contributed by atoms with Crippen LogP contribution >= 0.6 is 11.3 Å². The van der Waals surface area contributed by atoms with Crippen molar-refractivity contribution >= 4 is 17.3 Å². The smallest absolute Gasteiger partial charge is 0.191 e. The average Bonchev–Trinajstić information content (AvgIpc) is 3.09. The monoisotopic (exact) mass is 374 g/mol. The standard InChI is InChI=1S/C20H30N4OS/c1-6-21-19(23-13-15-8-7-9-16(12-15)25-5)22-11-10-18-24-17(14-26-18)20(2,3)4/h7-9,12,14H,6,10-11,13H2,1-5H3,(H2,21,22,23). The lowest BCUT2D eigenvalue weighted by atomic mass is 9.93. The highest BCUT2D eigenvalue weighted by Gasteiger charge is 2.17. The predicted molar refractivity (Wildman–Crippen MR) is 110 cm³/mol. The molecule has 0 aliphatic carbocycles. The lowest BCUT2D eigenvalue weighted by Crippen LogP contribution is -2.38. The Labute approximate surface area is 160 Å². The van der Waals surface area contributed by atoms with Gasteiger partial charge in [0.25, 0.3) is 0 Å². The number of nitrogens with one attached hydrogen (secondary N) is 2. The van der Waals surface area contributed by atoms with Gasteiger partial charge in [0.15, 0.2) is 5.96 Å². The van der Waals surface area contributed by atoms with E-state index in [2.05, 4.69) is 54.8 Å². The highest BCUT2D eigenvalue weighted by Crippen LogP contribution is 2.23. The molecule has 0 radical (unpaired) electrons. The summed E-state index contributed by atoms with van der Waals surface area (Å²) in [4.78, 5) is 9.40. The summed E-state index contributed by atoms with van der Waals surface area (Å²) in [6.45, 7) is 10.9. The number of hydrogen-bond acceptors (Lipinski definition) is 4. The molecule has 26 heavy (non-hydrogen) atoms. The zero-order valence-electron chi connectivity index (χ0n) is 16.4. The number of benzene rings is 1. The lowest BCUT2D eigenvalue weighted by Gasteiger charge is -2.14. The van der Waals surface area contributed by atoms with E-state index >= 15 is 0 Å². The first kappa shape index (κ1) is 20.2. The molecule has 1 heterocycles. The molecule has 142 valence electrons. The van der Waals surface area contributed by atoms with Gasteiger partial charge < -0.3 is 15.4 Å². The zero-order valence-corrected chi connectivity index (χ0v) is 17.2. The summed E-state index contributed by atoms with van der Waals surface area (Å²) in [5.41, 5.74) is 2.39. The number of thiazole rings is 1. The van der Waals surface area contributed by atoms with Crippen LogP contribution in [0.1, 0.15) is 44.0 Å². The number of aliphatic imine (C=N–C) groups is 1. The molecule has 0 atom stereocenters. The summed E-state index contributed by atoms with van der Waals surface area (Å²) in [6.07, 6.45) is 0.893. The zero-order chi connectivity index (χ0) is 19.0. The van der Waals surface area contributed by atoms with Gasteiger partial charge in [-0.1, -0.05) is 32.9 Å². The van der Waals surface area contributed by atoms with Gasteiger partial charge in [-0.25, -0.2) is 9.98 Å². The lowest BCUT2D eigenvalue weighted by molar-refractivity contribution is 0.414. The first-order chi connectivity index (χ1) is 12.4. The Morgan fingerprint density at radius 3 is 2.73 bits per heavy atom. The summed E-state index contributed by atoms with van der Waals surface area (Å²) in [5, 5.41) is 10.0. The number of rotatable bonds is 7. The van der Waals surface area contributed by atoms with Crippen molar-refractivity contribution in [3.63, 3.8) is 0 Å². The normalized spacial score (nSPS) is 12.1. The predicted octanol–water partition coefficient (Wildman–Crippen LogP) is 3.75. The van der Waals surface area contributed by atoms with Crippen molar-refractivity contribution in [3.05, 3.63) is 45.9 Å². The van der Waals surface area contributed by atoms with E-state index in [9.17, 15) is 0 Å². The van der Waals surface area contributed by atoms with Crippen LogP contribution in [-0.2, 0) is 18.4 Å². The molecule has 0 aliphatic heterocycles. The minimum atomic E-state index is 0.106. The van der Waals surface area contributed by atoms with Gasteiger partial charge in [-0.3, -0.25) is 0 Å². The van der Waals surface area contributed by atoms with Crippen LogP contribution in [0.2, 0.25) is 0 Å². The number of aromatic nitrogens is 1. The van der Waals surface area contributed by atoms with Crippen LogP contribution in [0.4, 0.5) is 0 Å². The molecule has 0 saturated carbocycles. The van der Waals surface area contributed by atoms with E-state index in [0.717, 1.165) is 47.5 Å². The fourth-order valence-electron chi connectivity index (χ4n) is 2.34. The fourth-order valence-corrected chi connectivity index (χ4v) is 3.37. The van der Waals surface area contributed by atoms with Crippen molar-refractivity contribution in [1.82, 2.24) is 15.6 Å². The van der Waals surface area contributed by atoms with Crippen molar-refractivity contribution in [2.24, 2.45) is 4.99 Å². The molecule has 0 amide bonds. The maximum atomic E-state index is 5.26. The van der Waals surface area contributed by atoms with Gasteiger partial charge in [-0.15, -0.1) is 11.3 Å². The summed E-state index contributed by atoms with van der Waals surface area (Å²) >= 11 is 1.73. The first-order valence-corrected chi connectivity index (χ1v) is 9.90. The Hall–Kier alpha value is -2.08. The molecular formula is C20H30N4OS. The number of nitrogens with zero attached hydrogens (tertiary/aromatic N) is 2. The van der Waals surface area contributed by atoms with E-state index < -0.39 is 0 Å². The molecule has 2 N–H and O–H groups in total. The first-order valence-electron chi connectivity index (χ1n) is 9.02. The van der Waals surface area contributed by atoms with E-state index in [-0.39, 0.29) is 5.41 Å². The molecular weight excluding hydrogens is 344 g/mol. The van der Waals surface area contributed by atoms with Crippen molar-refractivity contribution < 1.29 is 4.74 Å². The number of guanidine groups is 1. The molecule has 1 aromatic heterocycles. The third-order valence-electron chi connectivity index (χ3n) is 3.85. The van der Waals surface area contributed by atoms with Crippen LogP contribution in [0.5, 0.6) is 5.75 Å². The second-order valence-corrected chi connectivity index (χ2v) is 8.04. The molecule has 1 aromatic carbocycles. The molecule has 5 nitrogen and oxygen atoms in total. The Bertz CT molecular complexity index is 719. The van der Waals surface area contributed by atoms with Gasteiger partial charge in [0, 0.05) is 30.3 Å². The summed E-state index contributed by atoms with van der Waals surface area (Å²) < 4.78 is 5.26. The van der Waals surface area contributed by atoms with E-state index in [4.69, 9.17) is 9.72 Å². The third kappa shape index (κ3) is 6.33. The maximum Gasteiger partial charge on any atom is 0.191 e. The largest absolute Gasteiger partial charge is 0.497 e. The second-order valence-electron chi connectivity index (χ2n) is 7.10. The molecule has 0 saturated heterocycles. The van der Waals surface area contributed by atoms with Crippen LogP contribution < -0.4 is 15.4 Å². The number of methoxy groups -OCH3 is 1. The van der Waals surface area contributed by atoms with Crippen LogP contribution in [0.3, 0.4) is 0 Å². The van der Waals surface area contributed by atoms with Gasteiger partial charge in [0.05, 0.1) is 24.4 Å². The number of ether oxygens (including phenoxy) is 1. The Morgan fingerprint density at radius 1 is 1.27 bits per heavy atom. The molecule has 0 spiro atoms. The minimum absolute atomic E-state index is 0.106. The highest BCUT2D eigenvalue weighted by molar-refractivity contribution is 7.09. The van der Waals surface area contributed by atoms with Gasteiger partial charge in [-0.05, 0) is 24.6 Å². The van der Waals surface area contributed by atoms with Gasteiger partial charge in [0.1, 0.15) is 5.75 Å². The molecule has 0 fully saturated rings. The summed E-state index contributed by atoms with van der Waals surface area (Å²) in [6, 6.07) is 7.99. The van der Waals surface area contributed by atoms with Gasteiger partial charge in [-0.2, -0.15) is 0 Å². The number of hydrogen-bond donors (Lipinski definition) is 2. The minimum Gasteiger partial charge on any atom is -0.497 e. The van der Waals surface area contributed by atoms with Crippen molar-refractivity contribution in [2.45, 2.75) is 46.1 Å². The molecule has 6 heteroatoms. The topological polar surface area (TPSA) is 58.5 Å². The van der Waals surface area contributed by atoms with E-state index in [1.54, 1.807) is 18.4 Å². The van der Waals surface area contributed by atoms with Crippen molar-refractivity contribution in [3.8, 4) is 5.75 Å². The molecule has 2 rings (SSSR count). The quantitative estimate of drug-likeness (QED) is 0.572. The summed E-state index contributed by atoms with van der Waals surface area (Å²) in [5.74, 6) is 1.68. The summed E-state index contributed by atoms with van der Waals surface area (Å²) in [7, 11) is 1.68. The van der Waals surface area contributed by atoms with Crippen LogP contribution in [0, 0.1) is 0 Å². The SMILES string of the molecule is CCNC(=NCc1cccc(OC)c1)NCCc1nc(C(C)(C)C)cs1. The Kier molecular flexibility index (Phi) is 7.45. The highest BCUT2D eigenvalue weighted by atomic mass is 32.1. The Balaban J connectivity index is 1.90. The van der Waals surface area contributed by atoms with Crippen LogP contribution in [0.25, 0.3) is 0 Å². The van der Waals surface area contributed by atoms with Gasteiger partial charge >= 0.3 is 0 Å². The van der Waals surface area contributed by atoms with Crippen LogP contribution in [-0.4, -0.2) is 31.1 Å². The third-order valence-corrected chi connectivity index (χ3v) is 4.76. The maximum absolute atomic E-state index is 5.26. The van der Waals surface area contributed by atoms with Gasteiger partial charge in [0.2, 0.25) is 0 Å². The average molecular weight is 375 g/mol. The van der Waals surface area contributed by atoms with E-state index in [1.807, 2.05) is 18.2 Å². The Morgan fingerprint density at radius 2 is 2.08 bits per heavy atom. The van der Waals surface area contributed by atoms with E-state index in [0.29, 0.717) is 6.54 Å². The molecule has 0 bridgehead atoms. The van der Waals surface area contributed by atoms with E-state index in [1.165, 1.54) is 0 Å². The molecule has 0 unspecified atom stereocenters. The van der Waals surface area contributed by atoms with Crippen LogP contribution in [0.15, 0.2) is 34.6 Å². The molecule has 0 aliphatic rings. The second kappa shape index (κ2) is 9.57. The van der Waals surface area contributed by atoms with Crippen molar-refractivity contribution in [1.29, 1.82) is 0 Å².